The molecule has 4 fully saturated rings. The lowest BCUT2D eigenvalue weighted by Crippen LogP contribution is -2.67. The Labute approximate surface area is 269 Å². The minimum Gasteiger partial charge on any atom is -0.508 e. The average molecular weight is 619 g/mol. The summed E-state index contributed by atoms with van der Waals surface area (Å²) in [5.74, 6) is 0.422. The van der Waals surface area contributed by atoms with Gasteiger partial charge in [0, 0.05) is 11.5 Å². The number of phenolic OH excluding ortho intramolecular Hbond substituents is 1. The number of rotatable bonds is 5. The monoisotopic (exact) mass is 618 g/mol. The number of allylic oxidation sites excluding steroid dienone is 1. The largest absolute Gasteiger partial charge is 0.508 e. The lowest BCUT2D eigenvalue weighted by atomic mass is 9.33. The lowest BCUT2D eigenvalue weighted by molar-refractivity contribution is -0.218. The number of carboxylic acid groups (broad SMARTS) is 1. The SMILES string of the molecule is C[C@@H]1[C@H]2C3=CC[C@@H]4[C@@]5(C)CC[C@H](O)C(C)(C)[C@@H]5CC[C@@]4(C)[C@]3(COC(=O)/C=C/c3ccc(O)cc3)CC[C@@]2(C(=O)O)CC[C@@H]1C. The third-order valence-electron chi connectivity index (χ3n) is 14.8. The molecule has 0 unspecified atom stereocenters. The topological polar surface area (TPSA) is 104 Å². The fourth-order valence-electron chi connectivity index (χ4n) is 12.0. The minimum absolute atomic E-state index is 0.0281. The molecule has 6 nitrogen and oxygen atoms in total. The van der Waals surface area contributed by atoms with Crippen LogP contribution in [0.5, 0.6) is 5.75 Å². The van der Waals surface area contributed by atoms with Crippen molar-refractivity contribution in [3.63, 3.8) is 0 Å². The van der Waals surface area contributed by atoms with Gasteiger partial charge in [-0.15, -0.1) is 0 Å². The molecular weight excluding hydrogens is 564 g/mol. The molecule has 0 radical (unpaired) electrons. The Morgan fingerprint density at radius 3 is 2.33 bits per heavy atom. The summed E-state index contributed by atoms with van der Waals surface area (Å²) < 4.78 is 6.26. The van der Waals surface area contributed by atoms with Crippen LogP contribution in [-0.2, 0) is 14.3 Å². The van der Waals surface area contributed by atoms with E-state index in [2.05, 4.69) is 47.6 Å². The molecule has 0 saturated heterocycles. The zero-order chi connectivity index (χ0) is 32.6. The summed E-state index contributed by atoms with van der Waals surface area (Å²) in [4.78, 5) is 26.5. The van der Waals surface area contributed by atoms with E-state index in [0.717, 1.165) is 44.1 Å². The number of fused-ring (bicyclic) bond motifs is 7. The van der Waals surface area contributed by atoms with Crippen molar-refractivity contribution in [3.8, 4) is 5.75 Å². The molecule has 0 heterocycles. The fourth-order valence-corrected chi connectivity index (χ4v) is 12.0. The molecule has 0 bridgehead atoms. The van der Waals surface area contributed by atoms with Crippen molar-refractivity contribution in [1.29, 1.82) is 0 Å². The number of carbonyl (C=O) groups is 2. The lowest BCUT2D eigenvalue weighted by Gasteiger charge is -2.71. The first-order valence-electron chi connectivity index (χ1n) is 17.4. The van der Waals surface area contributed by atoms with E-state index in [0.29, 0.717) is 37.0 Å². The van der Waals surface area contributed by atoms with E-state index in [-0.39, 0.29) is 46.5 Å². The number of aromatic hydroxyl groups is 1. The molecule has 6 heteroatoms. The predicted molar refractivity (Wildman–Crippen MR) is 175 cm³/mol. The Balaban J connectivity index is 1.42. The quantitative estimate of drug-likeness (QED) is 0.175. The summed E-state index contributed by atoms with van der Waals surface area (Å²) in [6, 6.07) is 6.70. The number of aliphatic carboxylic acids is 1. The molecule has 3 N–H and O–H groups in total. The van der Waals surface area contributed by atoms with Crippen molar-refractivity contribution in [1.82, 2.24) is 0 Å². The summed E-state index contributed by atoms with van der Waals surface area (Å²) in [5.41, 5.74) is 0.520. The van der Waals surface area contributed by atoms with Crippen LogP contribution in [0.3, 0.4) is 0 Å². The van der Waals surface area contributed by atoms with Gasteiger partial charge in [-0.3, -0.25) is 4.79 Å². The maximum absolute atomic E-state index is 13.3. The predicted octanol–water partition coefficient (Wildman–Crippen LogP) is 8.03. The van der Waals surface area contributed by atoms with Crippen LogP contribution in [0.25, 0.3) is 6.08 Å². The standard InChI is InChI=1S/C39H54O6/c1-24-15-20-38(34(43)44)21-22-39(23-45-32(42)14-9-26-7-10-27(40)11-8-26)28(33(38)25(24)2)12-13-30-36(5)18-17-31(41)35(3,4)29(36)16-19-37(30,39)6/h7-12,14,24-25,29-31,33,40-41H,13,15-23H2,1-6H3,(H,43,44)/b14-9+/t24-,25-,29-,30+,31-,33-,36-,37+,38-,39-/m0/s1. The molecule has 5 aliphatic carbocycles. The highest BCUT2D eigenvalue weighted by atomic mass is 16.5. The third kappa shape index (κ3) is 4.66. The normalized spacial score (nSPS) is 43.7. The van der Waals surface area contributed by atoms with Crippen molar-refractivity contribution < 1.29 is 29.6 Å². The van der Waals surface area contributed by atoms with Crippen LogP contribution in [0, 0.1) is 56.7 Å². The molecule has 246 valence electrons. The highest BCUT2D eigenvalue weighted by Gasteiger charge is 2.71. The maximum atomic E-state index is 13.3. The van der Waals surface area contributed by atoms with E-state index in [1.165, 1.54) is 11.6 Å². The second-order valence-electron chi connectivity index (χ2n) is 16.8. The number of benzene rings is 1. The number of aliphatic hydroxyl groups is 1. The van der Waals surface area contributed by atoms with Crippen molar-refractivity contribution in [3.05, 3.63) is 47.6 Å². The van der Waals surface area contributed by atoms with Crippen LogP contribution >= 0.6 is 0 Å². The molecular formula is C39H54O6. The van der Waals surface area contributed by atoms with Gasteiger partial charge in [0.25, 0.3) is 0 Å². The van der Waals surface area contributed by atoms with Crippen LogP contribution in [0.2, 0.25) is 0 Å². The number of ether oxygens (including phenoxy) is 1. The van der Waals surface area contributed by atoms with Crippen LogP contribution < -0.4 is 0 Å². The van der Waals surface area contributed by atoms with E-state index < -0.39 is 22.8 Å². The van der Waals surface area contributed by atoms with E-state index in [9.17, 15) is 24.9 Å². The Bertz CT molecular complexity index is 1390. The second-order valence-corrected chi connectivity index (χ2v) is 16.8. The van der Waals surface area contributed by atoms with Crippen LogP contribution in [0.15, 0.2) is 42.0 Å². The molecule has 0 amide bonds. The average Bonchev–Trinajstić information content (AvgIpc) is 2.99. The summed E-state index contributed by atoms with van der Waals surface area (Å²) in [7, 11) is 0. The molecule has 5 aliphatic rings. The first kappa shape index (κ1) is 32.3. The minimum atomic E-state index is -0.773. The van der Waals surface area contributed by atoms with Gasteiger partial charge in [0.15, 0.2) is 0 Å². The highest BCUT2D eigenvalue weighted by molar-refractivity contribution is 5.87. The first-order chi connectivity index (χ1) is 21.1. The number of hydrogen-bond acceptors (Lipinski definition) is 5. The third-order valence-corrected chi connectivity index (χ3v) is 14.8. The molecule has 6 rings (SSSR count). The van der Waals surface area contributed by atoms with Gasteiger partial charge in [0.05, 0.1) is 11.5 Å². The second kappa shape index (κ2) is 11.0. The van der Waals surface area contributed by atoms with E-state index in [1.54, 1.807) is 30.3 Å². The molecule has 10 atom stereocenters. The Kier molecular flexibility index (Phi) is 7.90. The van der Waals surface area contributed by atoms with Gasteiger partial charge >= 0.3 is 11.9 Å². The van der Waals surface area contributed by atoms with Gasteiger partial charge in [-0.1, -0.05) is 65.3 Å². The summed E-state index contributed by atoms with van der Waals surface area (Å²) in [6.45, 7) is 14.2. The number of hydrogen-bond donors (Lipinski definition) is 3. The zero-order valence-corrected chi connectivity index (χ0v) is 28.1. The maximum Gasteiger partial charge on any atom is 0.330 e. The van der Waals surface area contributed by atoms with Gasteiger partial charge in [-0.05, 0) is 127 Å². The van der Waals surface area contributed by atoms with Crippen LogP contribution in [-0.4, -0.2) is 40.0 Å². The Morgan fingerprint density at radius 1 is 0.933 bits per heavy atom. The molecule has 1 aromatic carbocycles. The smallest absolute Gasteiger partial charge is 0.330 e. The molecule has 0 spiro atoms. The van der Waals surface area contributed by atoms with Gasteiger partial charge < -0.3 is 20.1 Å². The van der Waals surface area contributed by atoms with Crippen molar-refractivity contribution in [2.75, 3.05) is 6.61 Å². The first-order valence-corrected chi connectivity index (χ1v) is 17.4. The van der Waals surface area contributed by atoms with Crippen LogP contribution in [0.4, 0.5) is 0 Å². The summed E-state index contributed by atoms with van der Waals surface area (Å²) in [5, 5.41) is 31.6. The number of esters is 1. The zero-order valence-electron chi connectivity index (χ0n) is 28.1. The van der Waals surface area contributed by atoms with Gasteiger partial charge in [0.1, 0.15) is 12.4 Å². The number of aliphatic hydroxyl groups excluding tert-OH is 1. The van der Waals surface area contributed by atoms with E-state index >= 15 is 0 Å². The molecule has 4 saturated carbocycles. The molecule has 1 aromatic rings. The van der Waals surface area contributed by atoms with Crippen molar-refractivity contribution >= 4 is 18.0 Å². The van der Waals surface area contributed by atoms with Crippen molar-refractivity contribution in [2.24, 2.45) is 56.7 Å². The molecule has 0 aromatic heterocycles. The number of phenols is 1. The van der Waals surface area contributed by atoms with Gasteiger partial charge in [-0.25, -0.2) is 4.79 Å². The highest BCUT2D eigenvalue weighted by Crippen LogP contribution is 2.76. The van der Waals surface area contributed by atoms with E-state index in [1.807, 2.05) is 0 Å². The Hall–Kier alpha value is -2.60. The fraction of sp³-hybridized carbons (Fsp3) is 0.692. The number of carboxylic acids is 1. The number of carbonyl (C=O) groups excluding carboxylic acids is 1. The summed E-state index contributed by atoms with van der Waals surface area (Å²) >= 11 is 0. The molecule has 45 heavy (non-hydrogen) atoms. The van der Waals surface area contributed by atoms with Gasteiger partial charge in [0.2, 0.25) is 0 Å². The Morgan fingerprint density at radius 2 is 1.64 bits per heavy atom. The van der Waals surface area contributed by atoms with Crippen molar-refractivity contribution in [2.45, 2.75) is 105 Å². The summed E-state index contributed by atoms with van der Waals surface area (Å²) in [6.07, 6.45) is 12.9. The van der Waals surface area contributed by atoms with E-state index in [4.69, 9.17) is 4.74 Å². The van der Waals surface area contributed by atoms with Gasteiger partial charge in [-0.2, -0.15) is 0 Å². The van der Waals surface area contributed by atoms with Crippen LogP contribution in [0.1, 0.15) is 105 Å². The molecule has 0 aliphatic heterocycles.